The maximum absolute atomic E-state index is 12.2. The van der Waals surface area contributed by atoms with Gasteiger partial charge in [0.25, 0.3) is 0 Å². The molecule has 2 aromatic rings. The van der Waals surface area contributed by atoms with E-state index in [1.165, 1.54) is 5.56 Å². The second-order valence-electron chi connectivity index (χ2n) is 8.68. The van der Waals surface area contributed by atoms with Gasteiger partial charge in [0.05, 0.1) is 18.8 Å². The molecule has 1 N–H and O–H groups in total. The zero-order valence-electron chi connectivity index (χ0n) is 18.6. The second kappa shape index (κ2) is 10.5. The average molecular weight is 455 g/mol. The van der Waals surface area contributed by atoms with Crippen LogP contribution in [0.5, 0.6) is 5.75 Å². The van der Waals surface area contributed by atoms with E-state index in [2.05, 4.69) is 22.3 Å². The molecular weight excluding hydrogens is 424 g/mol. The van der Waals surface area contributed by atoms with E-state index in [1.54, 1.807) is 19.3 Å². The third-order valence-electron chi connectivity index (χ3n) is 6.47. The lowest BCUT2D eigenvalue weighted by atomic mass is 9.88. The van der Waals surface area contributed by atoms with Crippen LogP contribution in [-0.2, 0) is 16.1 Å². The van der Waals surface area contributed by atoms with Gasteiger partial charge in [0, 0.05) is 42.8 Å². The number of ether oxygens (including phenoxy) is 2. The summed E-state index contributed by atoms with van der Waals surface area (Å²) in [6.45, 7) is 3.48. The van der Waals surface area contributed by atoms with Gasteiger partial charge in [-0.05, 0) is 55.5 Å². The van der Waals surface area contributed by atoms with Crippen molar-refractivity contribution in [1.82, 2.24) is 10.2 Å². The minimum absolute atomic E-state index is 0.0384. The molecule has 2 saturated heterocycles. The maximum atomic E-state index is 12.2. The number of benzene rings is 2. The fraction of sp³-hybridized carbons (Fsp3) is 0.423. The van der Waals surface area contributed by atoms with Gasteiger partial charge in [-0.25, -0.2) is 0 Å². The van der Waals surface area contributed by atoms with E-state index in [0.29, 0.717) is 11.6 Å². The molecular formula is C26H31ClN2O3. The Hall–Kier alpha value is -2.34. The van der Waals surface area contributed by atoms with Crippen LogP contribution < -0.4 is 10.1 Å². The number of rotatable bonds is 7. The number of carbonyl (C=O) groups is 1. The van der Waals surface area contributed by atoms with Crippen LogP contribution in [0.15, 0.2) is 54.6 Å². The van der Waals surface area contributed by atoms with Crippen molar-refractivity contribution < 1.29 is 14.3 Å². The van der Waals surface area contributed by atoms with Crippen molar-refractivity contribution in [3.8, 4) is 5.75 Å². The van der Waals surface area contributed by atoms with Crippen molar-refractivity contribution in [3.63, 3.8) is 0 Å². The fourth-order valence-electron chi connectivity index (χ4n) is 4.66. The van der Waals surface area contributed by atoms with Gasteiger partial charge in [-0.15, -0.1) is 0 Å². The molecule has 1 atom stereocenters. The van der Waals surface area contributed by atoms with Crippen LogP contribution in [0.2, 0.25) is 5.02 Å². The number of nitrogens with one attached hydrogen (secondary N) is 1. The van der Waals surface area contributed by atoms with Crippen LogP contribution >= 0.6 is 11.6 Å². The lowest BCUT2D eigenvalue weighted by Gasteiger charge is -2.39. The van der Waals surface area contributed by atoms with Crippen LogP contribution in [0.4, 0.5) is 0 Å². The van der Waals surface area contributed by atoms with E-state index in [1.807, 2.05) is 36.4 Å². The number of hydrogen-bond donors (Lipinski definition) is 1. The largest absolute Gasteiger partial charge is 0.496 e. The SMILES string of the molecule is COc1ccccc1CN1CCC2(CCC(CNC(=O)C=Cc3cccc(Cl)c3)O2)CC1. The average Bonchev–Trinajstić information content (AvgIpc) is 3.21. The highest BCUT2D eigenvalue weighted by molar-refractivity contribution is 6.30. The zero-order chi connectivity index (χ0) is 22.4. The Kier molecular flexibility index (Phi) is 7.51. The number of nitrogens with zero attached hydrogens (tertiary/aromatic N) is 1. The van der Waals surface area contributed by atoms with Gasteiger partial charge in [0.1, 0.15) is 5.75 Å². The zero-order valence-corrected chi connectivity index (χ0v) is 19.3. The van der Waals surface area contributed by atoms with Crippen LogP contribution in [0.1, 0.15) is 36.8 Å². The molecule has 0 aliphatic carbocycles. The molecule has 1 spiro atoms. The predicted molar refractivity (Wildman–Crippen MR) is 128 cm³/mol. The van der Waals surface area contributed by atoms with Gasteiger partial charge in [0.2, 0.25) is 5.91 Å². The Morgan fingerprint density at radius 1 is 1.22 bits per heavy atom. The normalized spacial score (nSPS) is 20.6. The number of likely N-dealkylation sites (tertiary alicyclic amines) is 1. The number of para-hydroxylation sites is 1. The summed E-state index contributed by atoms with van der Waals surface area (Å²) < 4.78 is 11.9. The van der Waals surface area contributed by atoms with Gasteiger partial charge >= 0.3 is 0 Å². The lowest BCUT2D eigenvalue weighted by molar-refractivity contribution is -0.118. The van der Waals surface area contributed by atoms with Gasteiger partial charge in [0.15, 0.2) is 0 Å². The standard InChI is InChI=1S/C26H31ClN2O3/c1-31-24-8-3-2-6-21(24)19-29-15-13-26(14-16-29)12-11-23(32-26)18-28-25(30)10-9-20-5-4-7-22(27)17-20/h2-10,17,23H,11-16,18-19H2,1H3,(H,28,30). The van der Waals surface area contributed by atoms with E-state index >= 15 is 0 Å². The summed E-state index contributed by atoms with van der Waals surface area (Å²) in [7, 11) is 1.72. The molecule has 2 heterocycles. The highest BCUT2D eigenvalue weighted by Crippen LogP contribution is 2.39. The molecule has 1 amide bonds. The Labute approximate surface area is 195 Å². The molecule has 0 aromatic heterocycles. The number of methoxy groups -OCH3 is 1. The molecule has 5 nitrogen and oxygen atoms in total. The Bertz CT molecular complexity index is 954. The molecule has 2 aliphatic heterocycles. The smallest absolute Gasteiger partial charge is 0.244 e. The molecule has 0 bridgehead atoms. The molecule has 6 heteroatoms. The lowest BCUT2D eigenvalue weighted by Crippen LogP contribution is -2.44. The summed E-state index contributed by atoms with van der Waals surface area (Å²) in [5, 5.41) is 3.64. The number of piperidine rings is 1. The van der Waals surface area contributed by atoms with E-state index < -0.39 is 0 Å². The van der Waals surface area contributed by atoms with E-state index in [0.717, 1.165) is 56.6 Å². The number of hydrogen-bond acceptors (Lipinski definition) is 4. The van der Waals surface area contributed by atoms with Gasteiger partial charge in [-0.1, -0.05) is 41.9 Å². The molecule has 4 rings (SSSR count). The first-order valence-corrected chi connectivity index (χ1v) is 11.7. The van der Waals surface area contributed by atoms with Crippen LogP contribution in [0, 0.1) is 0 Å². The van der Waals surface area contributed by atoms with Gasteiger partial charge in [-0.2, -0.15) is 0 Å². The third kappa shape index (κ3) is 5.91. The monoisotopic (exact) mass is 454 g/mol. The summed E-state index contributed by atoms with van der Waals surface area (Å²) in [4.78, 5) is 14.7. The van der Waals surface area contributed by atoms with Crippen molar-refractivity contribution in [3.05, 3.63) is 70.8 Å². The third-order valence-corrected chi connectivity index (χ3v) is 6.71. The van der Waals surface area contributed by atoms with Crippen LogP contribution in [0.3, 0.4) is 0 Å². The maximum Gasteiger partial charge on any atom is 0.244 e. The topological polar surface area (TPSA) is 50.8 Å². The minimum atomic E-state index is -0.110. The Balaban J connectivity index is 1.21. The summed E-state index contributed by atoms with van der Waals surface area (Å²) in [5.41, 5.74) is 2.09. The minimum Gasteiger partial charge on any atom is -0.496 e. The van der Waals surface area contributed by atoms with Crippen molar-refractivity contribution in [2.24, 2.45) is 0 Å². The van der Waals surface area contributed by atoms with Crippen molar-refractivity contribution >= 4 is 23.6 Å². The second-order valence-corrected chi connectivity index (χ2v) is 9.12. The van der Waals surface area contributed by atoms with Crippen molar-refractivity contribution in [2.45, 2.75) is 43.9 Å². The van der Waals surface area contributed by atoms with Crippen LogP contribution in [0.25, 0.3) is 6.08 Å². The first kappa shape index (κ1) is 22.8. The highest BCUT2D eigenvalue weighted by Gasteiger charge is 2.42. The fourth-order valence-corrected chi connectivity index (χ4v) is 4.85. The summed E-state index contributed by atoms with van der Waals surface area (Å²) >= 11 is 5.98. The molecule has 0 saturated carbocycles. The van der Waals surface area contributed by atoms with Crippen LogP contribution in [-0.4, -0.2) is 49.3 Å². The highest BCUT2D eigenvalue weighted by atomic mass is 35.5. The van der Waals surface area contributed by atoms with Gasteiger partial charge < -0.3 is 14.8 Å². The molecule has 1 unspecified atom stereocenters. The summed E-state index contributed by atoms with van der Waals surface area (Å²) in [6, 6.07) is 15.6. The Morgan fingerprint density at radius 3 is 2.81 bits per heavy atom. The van der Waals surface area contributed by atoms with E-state index in [9.17, 15) is 4.79 Å². The molecule has 170 valence electrons. The molecule has 2 aromatic carbocycles. The van der Waals surface area contributed by atoms with Crippen molar-refractivity contribution in [1.29, 1.82) is 0 Å². The number of halogens is 1. The molecule has 32 heavy (non-hydrogen) atoms. The molecule has 0 radical (unpaired) electrons. The van der Waals surface area contributed by atoms with E-state index in [4.69, 9.17) is 21.1 Å². The summed E-state index contributed by atoms with van der Waals surface area (Å²) in [5.74, 6) is 0.839. The molecule has 2 fully saturated rings. The predicted octanol–water partition coefficient (Wildman–Crippen LogP) is 4.69. The Morgan fingerprint density at radius 2 is 2.03 bits per heavy atom. The number of carbonyl (C=O) groups excluding carboxylic acids is 1. The first-order chi connectivity index (χ1) is 15.5. The van der Waals surface area contributed by atoms with Crippen molar-refractivity contribution in [2.75, 3.05) is 26.7 Å². The van der Waals surface area contributed by atoms with E-state index in [-0.39, 0.29) is 17.6 Å². The summed E-state index contributed by atoms with van der Waals surface area (Å²) in [6.07, 6.45) is 7.52. The van der Waals surface area contributed by atoms with Gasteiger partial charge in [-0.3, -0.25) is 9.69 Å². The quantitative estimate of drug-likeness (QED) is 0.616. The number of amides is 1. The first-order valence-electron chi connectivity index (χ1n) is 11.3. The molecule has 2 aliphatic rings.